The summed E-state index contributed by atoms with van der Waals surface area (Å²) >= 11 is 0. The van der Waals surface area contributed by atoms with Gasteiger partial charge in [0.1, 0.15) is 11.3 Å². The highest BCUT2D eigenvalue weighted by atomic mass is 16.2. The minimum atomic E-state index is -0.523. The number of nitrogens with zero attached hydrogens (tertiary/aromatic N) is 1. The third kappa shape index (κ3) is 1.22. The van der Waals surface area contributed by atoms with E-state index in [1.807, 2.05) is 0 Å². The second kappa shape index (κ2) is 2.63. The molecule has 6 heteroatoms. The Morgan fingerprint density at radius 3 is 2.56 bits per heavy atom. The van der Waals surface area contributed by atoms with Crippen LogP contribution in [0.3, 0.4) is 0 Å². The minimum Gasteiger partial charge on any atom is -0.336 e. The Balaban J connectivity index is 2.21. The van der Waals surface area contributed by atoms with E-state index in [0.29, 0.717) is 17.1 Å². The summed E-state index contributed by atoms with van der Waals surface area (Å²) in [6, 6.07) is 0. The van der Waals surface area contributed by atoms with Gasteiger partial charge >= 0.3 is 5.69 Å². The zero-order valence-electron chi connectivity index (χ0n) is 9.05. The van der Waals surface area contributed by atoms with Gasteiger partial charge in [0.15, 0.2) is 5.65 Å². The summed E-state index contributed by atoms with van der Waals surface area (Å²) in [6.45, 7) is 4.30. The fourth-order valence-corrected chi connectivity index (χ4v) is 2.05. The molecule has 0 bridgehead atoms. The molecule has 2 aromatic heterocycles. The van der Waals surface area contributed by atoms with Crippen LogP contribution in [0.5, 0.6) is 0 Å². The van der Waals surface area contributed by atoms with E-state index in [0.717, 1.165) is 12.2 Å². The summed E-state index contributed by atoms with van der Waals surface area (Å²) in [5.41, 5.74) is -0.0219. The molecule has 1 unspecified atom stereocenters. The van der Waals surface area contributed by atoms with Gasteiger partial charge in [-0.1, -0.05) is 13.8 Å². The zero-order valence-corrected chi connectivity index (χ0v) is 9.05. The van der Waals surface area contributed by atoms with Crippen LogP contribution in [0.2, 0.25) is 0 Å². The van der Waals surface area contributed by atoms with E-state index in [4.69, 9.17) is 0 Å². The lowest BCUT2D eigenvalue weighted by Gasteiger charge is -1.97. The van der Waals surface area contributed by atoms with Gasteiger partial charge in [-0.25, -0.2) is 9.78 Å². The molecule has 0 spiro atoms. The maximum Gasteiger partial charge on any atom is 0.327 e. The van der Waals surface area contributed by atoms with Gasteiger partial charge in [0.25, 0.3) is 5.56 Å². The summed E-state index contributed by atoms with van der Waals surface area (Å²) in [4.78, 5) is 34.5. The van der Waals surface area contributed by atoms with Gasteiger partial charge in [-0.15, -0.1) is 0 Å². The van der Waals surface area contributed by atoms with Gasteiger partial charge in [-0.2, -0.15) is 0 Å². The van der Waals surface area contributed by atoms with E-state index < -0.39 is 11.2 Å². The van der Waals surface area contributed by atoms with Crippen molar-refractivity contribution in [3.63, 3.8) is 0 Å². The number of aromatic nitrogens is 4. The molecule has 1 aliphatic carbocycles. The third-order valence-corrected chi connectivity index (χ3v) is 3.25. The standard InChI is InChI=1S/C10H12N4O2/c1-10(2)3-4(10)6-11-5-7(12-6)13-9(16)14-8(5)15/h4H,3H2,1-2H3,(H3,11,12,13,14,15,16). The largest absolute Gasteiger partial charge is 0.336 e. The van der Waals surface area contributed by atoms with Crippen molar-refractivity contribution in [1.82, 2.24) is 19.9 Å². The van der Waals surface area contributed by atoms with Crippen molar-refractivity contribution in [2.45, 2.75) is 26.2 Å². The van der Waals surface area contributed by atoms with Gasteiger partial charge in [-0.05, 0) is 11.8 Å². The smallest absolute Gasteiger partial charge is 0.327 e. The van der Waals surface area contributed by atoms with Crippen LogP contribution >= 0.6 is 0 Å². The number of hydrogen-bond donors (Lipinski definition) is 3. The molecule has 0 saturated heterocycles. The minimum absolute atomic E-state index is 0.237. The Morgan fingerprint density at radius 1 is 1.25 bits per heavy atom. The second-order valence-corrected chi connectivity index (χ2v) is 5.00. The predicted molar refractivity (Wildman–Crippen MR) is 58.5 cm³/mol. The third-order valence-electron chi connectivity index (χ3n) is 3.25. The quantitative estimate of drug-likeness (QED) is 0.651. The number of H-pyrrole nitrogens is 3. The van der Waals surface area contributed by atoms with Crippen molar-refractivity contribution < 1.29 is 0 Å². The molecule has 3 N–H and O–H groups in total. The van der Waals surface area contributed by atoms with Crippen LogP contribution in [-0.4, -0.2) is 19.9 Å². The molecule has 16 heavy (non-hydrogen) atoms. The number of nitrogens with one attached hydrogen (secondary N) is 3. The highest BCUT2D eigenvalue weighted by Gasteiger charge is 2.48. The fourth-order valence-electron chi connectivity index (χ4n) is 2.05. The molecule has 0 radical (unpaired) electrons. The van der Waals surface area contributed by atoms with Crippen LogP contribution in [-0.2, 0) is 0 Å². The monoisotopic (exact) mass is 220 g/mol. The molecular weight excluding hydrogens is 208 g/mol. The lowest BCUT2D eigenvalue weighted by Crippen LogP contribution is -2.21. The first-order valence-electron chi connectivity index (χ1n) is 5.19. The van der Waals surface area contributed by atoms with Crippen LogP contribution < -0.4 is 11.2 Å². The number of aromatic amines is 3. The molecule has 3 rings (SSSR count). The van der Waals surface area contributed by atoms with Crippen molar-refractivity contribution in [2.24, 2.45) is 5.41 Å². The Bertz CT molecular complexity index is 676. The average molecular weight is 220 g/mol. The second-order valence-electron chi connectivity index (χ2n) is 5.00. The first-order chi connectivity index (χ1) is 7.47. The topological polar surface area (TPSA) is 94.4 Å². The lowest BCUT2D eigenvalue weighted by atomic mass is 10.1. The maximum atomic E-state index is 11.5. The highest BCUT2D eigenvalue weighted by Crippen LogP contribution is 2.57. The molecule has 84 valence electrons. The van der Waals surface area contributed by atoms with Crippen LogP contribution in [0, 0.1) is 5.41 Å². The number of fused-ring (bicyclic) bond motifs is 1. The van der Waals surface area contributed by atoms with E-state index in [1.165, 1.54) is 0 Å². The van der Waals surface area contributed by atoms with E-state index in [-0.39, 0.29) is 5.41 Å². The molecule has 1 saturated carbocycles. The Labute approximate surface area is 90.1 Å². The maximum absolute atomic E-state index is 11.5. The highest BCUT2D eigenvalue weighted by molar-refractivity contribution is 5.68. The van der Waals surface area contributed by atoms with Gasteiger partial charge < -0.3 is 4.98 Å². The first kappa shape index (κ1) is 9.38. The number of imidazole rings is 1. The number of hydrogen-bond acceptors (Lipinski definition) is 3. The van der Waals surface area contributed by atoms with Gasteiger partial charge in [0.05, 0.1) is 0 Å². The van der Waals surface area contributed by atoms with E-state index in [9.17, 15) is 9.59 Å². The van der Waals surface area contributed by atoms with E-state index >= 15 is 0 Å². The van der Waals surface area contributed by atoms with Crippen LogP contribution in [0.15, 0.2) is 9.59 Å². The average Bonchev–Trinajstić information content (AvgIpc) is 2.64. The SMILES string of the molecule is CC1(C)CC1c1nc2[nH]c(=O)[nH]c(=O)c2[nH]1. The molecule has 2 heterocycles. The van der Waals surface area contributed by atoms with Crippen molar-refractivity contribution in [2.75, 3.05) is 0 Å². The zero-order chi connectivity index (χ0) is 11.5. The summed E-state index contributed by atoms with van der Waals surface area (Å²) in [5.74, 6) is 1.13. The van der Waals surface area contributed by atoms with Gasteiger partial charge in [-0.3, -0.25) is 14.8 Å². The molecule has 1 fully saturated rings. The fraction of sp³-hybridized carbons (Fsp3) is 0.500. The van der Waals surface area contributed by atoms with E-state index in [2.05, 4.69) is 33.8 Å². The Morgan fingerprint density at radius 2 is 1.94 bits per heavy atom. The normalized spacial score (nSPS) is 22.5. The molecule has 0 amide bonds. The van der Waals surface area contributed by atoms with Crippen molar-refractivity contribution >= 4 is 11.2 Å². The summed E-state index contributed by atoms with van der Waals surface area (Å²) in [7, 11) is 0. The van der Waals surface area contributed by atoms with Gasteiger partial charge in [0.2, 0.25) is 0 Å². The molecular formula is C10H12N4O2. The Hall–Kier alpha value is -1.85. The summed E-state index contributed by atoms with van der Waals surface area (Å²) < 4.78 is 0. The van der Waals surface area contributed by atoms with Crippen molar-refractivity contribution in [3.8, 4) is 0 Å². The van der Waals surface area contributed by atoms with Crippen LogP contribution in [0.4, 0.5) is 0 Å². The van der Waals surface area contributed by atoms with Crippen molar-refractivity contribution in [1.29, 1.82) is 0 Å². The van der Waals surface area contributed by atoms with Crippen LogP contribution in [0.1, 0.15) is 32.0 Å². The summed E-state index contributed by atoms with van der Waals surface area (Å²) in [5, 5.41) is 0. The summed E-state index contributed by atoms with van der Waals surface area (Å²) in [6.07, 6.45) is 1.05. The lowest BCUT2D eigenvalue weighted by molar-refractivity contribution is 0.611. The molecule has 6 nitrogen and oxygen atoms in total. The first-order valence-corrected chi connectivity index (χ1v) is 5.19. The van der Waals surface area contributed by atoms with E-state index in [1.54, 1.807) is 0 Å². The predicted octanol–water partition coefficient (Wildman–Crippen LogP) is 0.453. The molecule has 1 atom stereocenters. The molecule has 0 aromatic carbocycles. The molecule has 2 aromatic rings. The number of rotatable bonds is 1. The van der Waals surface area contributed by atoms with Gasteiger partial charge in [0, 0.05) is 5.92 Å². The molecule has 0 aliphatic heterocycles. The van der Waals surface area contributed by atoms with Crippen molar-refractivity contribution in [3.05, 3.63) is 26.7 Å². The van der Waals surface area contributed by atoms with Crippen LogP contribution in [0.25, 0.3) is 11.2 Å². The Kier molecular flexibility index (Phi) is 1.54. The molecule has 1 aliphatic rings.